The fourth-order valence-electron chi connectivity index (χ4n) is 2.20. The van der Waals surface area contributed by atoms with Crippen LogP contribution in [0.3, 0.4) is 0 Å². The monoisotopic (exact) mass is 263 g/mol. The maximum Gasteiger partial charge on any atom is 0.238 e. The third kappa shape index (κ3) is 4.63. The van der Waals surface area contributed by atoms with Gasteiger partial charge in [-0.1, -0.05) is 18.2 Å². The van der Waals surface area contributed by atoms with E-state index in [4.69, 9.17) is 4.74 Å². The fourth-order valence-corrected chi connectivity index (χ4v) is 2.20. The SMILES string of the molecule is CNCC1CN(CC(=O)Nc2ccccc2)CCO1. The van der Waals surface area contributed by atoms with Gasteiger partial charge in [-0.05, 0) is 19.2 Å². The van der Waals surface area contributed by atoms with Crippen LogP contribution in [0, 0.1) is 0 Å². The van der Waals surface area contributed by atoms with Crippen molar-refractivity contribution in [3.8, 4) is 0 Å². The molecule has 1 atom stereocenters. The van der Waals surface area contributed by atoms with Crippen molar-refractivity contribution < 1.29 is 9.53 Å². The summed E-state index contributed by atoms with van der Waals surface area (Å²) in [6.45, 7) is 3.52. The summed E-state index contributed by atoms with van der Waals surface area (Å²) >= 11 is 0. The van der Waals surface area contributed by atoms with Gasteiger partial charge in [0.15, 0.2) is 0 Å². The first-order valence-corrected chi connectivity index (χ1v) is 6.61. The summed E-state index contributed by atoms with van der Waals surface area (Å²) in [7, 11) is 1.91. The minimum Gasteiger partial charge on any atom is -0.374 e. The van der Waals surface area contributed by atoms with Crippen LogP contribution in [0.2, 0.25) is 0 Å². The first-order valence-electron chi connectivity index (χ1n) is 6.61. The van der Waals surface area contributed by atoms with Gasteiger partial charge in [0.2, 0.25) is 5.91 Å². The van der Waals surface area contributed by atoms with E-state index in [9.17, 15) is 4.79 Å². The topological polar surface area (TPSA) is 53.6 Å². The molecule has 0 aliphatic carbocycles. The normalized spacial score (nSPS) is 20.2. The standard InChI is InChI=1S/C14H21N3O2/c1-15-9-13-10-17(7-8-19-13)11-14(18)16-12-5-3-2-4-6-12/h2-6,13,15H,7-11H2,1H3,(H,16,18). The second kappa shape index (κ2) is 7.23. The van der Waals surface area contributed by atoms with Gasteiger partial charge in [-0.2, -0.15) is 0 Å². The average molecular weight is 263 g/mol. The summed E-state index contributed by atoms with van der Waals surface area (Å²) in [5.74, 6) is 0.0244. The van der Waals surface area contributed by atoms with Crippen LogP contribution in [0.1, 0.15) is 0 Å². The molecule has 2 rings (SSSR count). The zero-order valence-electron chi connectivity index (χ0n) is 11.3. The molecule has 1 aromatic carbocycles. The fraction of sp³-hybridized carbons (Fsp3) is 0.500. The molecule has 1 aliphatic rings. The predicted molar refractivity (Wildman–Crippen MR) is 75.2 cm³/mol. The third-order valence-corrected chi connectivity index (χ3v) is 3.08. The largest absolute Gasteiger partial charge is 0.374 e. The molecule has 1 aliphatic heterocycles. The van der Waals surface area contributed by atoms with Gasteiger partial charge in [0.1, 0.15) is 0 Å². The number of ether oxygens (including phenoxy) is 1. The van der Waals surface area contributed by atoms with E-state index in [1.165, 1.54) is 0 Å². The van der Waals surface area contributed by atoms with Gasteiger partial charge in [0.25, 0.3) is 0 Å². The first-order chi connectivity index (χ1) is 9.28. The average Bonchev–Trinajstić information content (AvgIpc) is 2.40. The lowest BCUT2D eigenvalue weighted by Gasteiger charge is -2.32. The molecule has 0 bridgehead atoms. The number of hydrogen-bond acceptors (Lipinski definition) is 4. The van der Waals surface area contributed by atoms with Gasteiger partial charge >= 0.3 is 0 Å². The maximum absolute atomic E-state index is 11.9. The van der Waals surface area contributed by atoms with E-state index in [1.54, 1.807) is 0 Å². The van der Waals surface area contributed by atoms with Crippen LogP contribution in [-0.2, 0) is 9.53 Å². The molecule has 0 radical (unpaired) electrons. The van der Waals surface area contributed by atoms with Crippen molar-refractivity contribution >= 4 is 11.6 Å². The molecule has 19 heavy (non-hydrogen) atoms. The van der Waals surface area contributed by atoms with E-state index in [2.05, 4.69) is 15.5 Å². The summed E-state index contributed by atoms with van der Waals surface area (Å²) in [6, 6.07) is 9.53. The summed E-state index contributed by atoms with van der Waals surface area (Å²) in [6.07, 6.45) is 0.170. The molecular weight excluding hydrogens is 242 g/mol. The molecule has 1 fully saturated rings. The van der Waals surface area contributed by atoms with Crippen molar-refractivity contribution in [3.05, 3.63) is 30.3 Å². The summed E-state index contributed by atoms with van der Waals surface area (Å²) in [5, 5.41) is 6.00. The molecule has 2 N–H and O–H groups in total. The Labute approximate surface area is 113 Å². The minimum atomic E-state index is 0.0244. The lowest BCUT2D eigenvalue weighted by Crippen LogP contribution is -2.48. The number of nitrogens with one attached hydrogen (secondary N) is 2. The van der Waals surface area contributed by atoms with Crippen LogP contribution in [-0.4, -0.2) is 56.7 Å². The first kappa shape index (κ1) is 14.0. The Morgan fingerprint density at radius 1 is 1.42 bits per heavy atom. The number of benzene rings is 1. The summed E-state index contributed by atoms with van der Waals surface area (Å²) < 4.78 is 5.61. The van der Waals surface area contributed by atoms with Crippen molar-refractivity contribution in [2.45, 2.75) is 6.10 Å². The molecule has 1 saturated heterocycles. The molecule has 5 nitrogen and oxygen atoms in total. The van der Waals surface area contributed by atoms with E-state index in [0.717, 1.165) is 25.3 Å². The van der Waals surface area contributed by atoms with Gasteiger partial charge in [-0.3, -0.25) is 9.69 Å². The Hall–Kier alpha value is -1.43. The second-order valence-corrected chi connectivity index (χ2v) is 4.70. The summed E-state index contributed by atoms with van der Waals surface area (Å²) in [5.41, 5.74) is 0.840. The quantitative estimate of drug-likeness (QED) is 0.814. The van der Waals surface area contributed by atoms with E-state index in [1.807, 2.05) is 37.4 Å². The molecule has 1 aromatic rings. The molecule has 104 valence electrons. The van der Waals surface area contributed by atoms with Crippen molar-refractivity contribution in [2.24, 2.45) is 0 Å². The van der Waals surface area contributed by atoms with E-state index >= 15 is 0 Å². The van der Waals surface area contributed by atoms with E-state index in [-0.39, 0.29) is 12.0 Å². The van der Waals surface area contributed by atoms with Gasteiger partial charge in [-0.25, -0.2) is 0 Å². The van der Waals surface area contributed by atoms with Crippen molar-refractivity contribution in [2.75, 3.05) is 45.2 Å². The van der Waals surface area contributed by atoms with E-state index in [0.29, 0.717) is 13.2 Å². The number of carbonyl (C=O) groups is 1. The smallest absolute Gasteiger partial charge is 0.238 e. The van der Waals surface area contributed by atoms with Crippen molar-refractivity contribution in [3.63, 3.8) is 0 Å². The zero-order valence-corrected chi connectivity index (χ0v) is 11.3. The number of rotatable bonds is 5. The van der Waals surface area contributed by atoms with Crippen LogP contribution in [0.15, 0.2) is 30.3 Å². The molecular formula is C14H21N3O2. The van der Waals surface area contributed by atoms with Gasteiger partial charge in [0, 0.05) is 25.3 Å². The number of carbonyl (C=O) groups excluding carboxylic acids is 1. The van der Waals surface area contributed by atoms with Crippen LogP contribution < -0.4 is 10.6 Å². The molecule has 0 aromatic heterocycles. The van der Waals surface area contributed by atoms with Crippen LogP contribution in [0.25, 0.3) is 0 Å². The highest BCUT2D eigenvalue weighted by molar-refractivity contribution is 5.92. The van der Waals surface area contributed by atoms with Crippen LogP contribution in [0.4, 0.5) is 5.69 Å². The molecule has 5 heteroatoms. The zero-order chi connectivity index (χ0) is 13.5. The van der Waals surface area contributed by atoms with E-state index < -0.39 is 0 Å². The molecule has 0 saturated carbocycles. The number of amides is 1. The van der Waals surface area contributed by atoms with Gasteiger partial charge in [-0.15, -0.1) is 0 Å². The van der Waals surface area contributed by atoms with Crippen molar-refractivity contribution in [1.82, 2.24) is 10.2 Å². The summed E-state index contributed by atoms with van der Waals surface area (Å²) in [4.78, 5) is 14.1. The van der Waals surface area contributed by atoms with Crippen molar-refractivity contribution in [1.29, 1.82) is 0 Å². The Kier molecular flexibility index (Phi) is 5.32. The van der Waals surface area contributed by atoms with Gasteiger partial charge < -0.3 is 15.4 Å². The van der Waals surface area contributed by atoms with Crippen LogP contribution >= 0.6 is 0 Å². The Bertz CT molecular complexity index is 395. The molecule has 1 unspecified atom stereocenters. The number of anilines is 1. The predicted octanol–water partition coefficient (Wildman–Crippen LogP) is 0.545. The number of para-hydroxylation sites is 1. The Morgan fingerprint density at radius 2 is 2.21 bits per heavy atom. The molecule has 1 amide bonds. The minimum absolute atomic E-state index is 0.0244. The molecule has 0 spiro atoms. The number of nitrogens with zero attached hydrogens (tertiary/aromatic N) is 1. The maximum atomic E-state index is 11.9. The highest BCUT2D eigenvalue weighted by Gasteiger charge is 2.21. The lowest BCUT2D eigenvalue weighted by molar-refractivity contribution is -0.119. The number of hydrogen-bond donors (Lipinski definition) is 2. The Balaban J connectivity index is 1.78. The van der Waals surface area contributed by atoms with Gasteiger partial charge in [0.05, 0.1) is 19.3 Å². The Morgan fingerprint density at radius 3 is 2.95 bits per heavy atom. The highest BCUT2D eigenvalue weighted by Crippen LogP contribution is 2.07. The number of morpholine rings is 1. The van der Waals surface area contributed by atoms with Crippen LogP contribution in [0.5, 0.6) is 0 Å². The second-order valence-electron chi connectivity index (χ2n) is 4.70. The third-order valence-electron chi connectivity index (χ3n) is 3.08. The molecule has 1 heterocycles. The number of likely N-dealkylation sites (N-methyl/N-ethyl adjacent to an activating group) is 1. The lowest BCUT2D eigenvalue weighted by atomic mass is 10.2. The highest BCUT2D eigenvalue weighted by atomic mass is 16.5.